The van der Waals surface area contributed by atoms with E-state index in [2.05, 4.69) is 17.2 Å². The third-order valence-corrected chi connectivity index (χ3v) is 6.05. The van der Waals surface area contributed by atoms with Crippen molar-refractivity contribution in [3.63, 3.8) is 0 Å². The van der Waals surface area contributed by atoms with E-state index in [4.69, 9.17) is 4.74 Å². The van der Waals surface area contributed by atoms with Gasteiger partial charge in [0.1, 0.15) is 15.7 Å². The second kappa shape index (κ2) is 8.61. The molecule has 1 heterocycles. The van der Waals surface area contributed by atoms with E-state index in [-0.39, 0.29) is 24.4 Å². The number of ether oxygens (including phenoxy) is 1. The van der Waals surface area contributed by atoms with Crippen LogP contribution in [0.5, 0.6) is 0 Å². The molecule has 1 amide bonds. The number of nitrogens with zero attached hydrogens (tertiary/aromatic N) is 1. The monoisotopic (exact) mass is 390 g/mol. The van der Waals surface area contributed by atoms with Crippen LogP contribution in [0, 0.1) is 18.7 Å². The van der Waals surface area contributed by atoms with Gasteiger partial charge in [0.2, 0.25) is 0 Å². The predicted octanol–water partition coefficient (Wildman–Crippen LogP) is 4.11. The molecule has 144 valence electrons. The fourth-order valence-corrected chi connectivity index (χ4v) is 4.24. The SMILES string of the molecule is Cc1nc(-c2ccc(F)cc2)sc1C(=O)OCC(=O)N[C@@H]1CCCC[C@H]1C. The minimum absolute atomic E-state index is 0.153. The molecule has 1 aliphatic rings. The van der Waals surface area contributed by atoms with Crippen molar-refractivity contribution in [3.8, 4) is 10.6 Å². The lowest BCUT2D eigenvalue weighted by Gasteiger charge is -2.29. The van der Waals surface area contributed by atoms with Crippen LogP contribution >= 0.6 is 11.3 Å². The number of amides is 1. The number of rotatable bonds is 5. The molecule has 7 heteroatoms. The summed E-state index contributed by atoms with van der Waals surface area (Å²) in [6.07, 6.45) is 4.39. The first kappa shape index (κ1) is 19.5. The van der Waals surface area contributed by atoms with Crippen molar-refractivity contribution in [2.45, 2.75) is 45.6 Å². The summed E-state index contributed by atoms with van der Waals surface area (Å²) in [5.74, 6) is -0.724. The standard InChI is InChI=1S/C20H23FN2O3S/c1-12-5-3-4-6-16(12)23-17(24)11-26-20(25)18-13(2)22-19(27-18)14-7-9-15(21)10-8-14/h7-10,12,16H,3-6,11H2,1-2H3,(H,23,24)/t12-,16-/m1/s1. The number of aromatic nitrogens is 1. The molecule has 1 N–H and O–H groups in total. The Balaban J connectivity index is 1.58. The van der Waals surface area contributed by atoms with Crippen molar-refractivity contribution in [3.05, 3.63) is 40.7 Å². The van der Waals surface area contributed by atoms with Crippen molar-refractivity contribution in [1.82, 2.24) is 10.3 Å². The van der Waals surface area contributed by atoms with Crippen LogP contribution < -0.4 is 5.32 Å². The molecule has 0 aliphatic heterocycles. The lowest BCUT2D eigenvalue weighted by atomic mass is 9.86. The molecule has 0 spiro atoms. The van der Waals surface area contributed by atoms with Crippen LogP contribution in [0.3, 0.4) is 0 Å². The Hall–Kier alpha value is -2.28. The first-order valence-electron chi connectivity index (χ1n) is 9.14. The average Bonchev–Trinajstić information content (AvgIpc) is 3.04. The van der Waals surface area contributed by atoms with Gasteiger partial charge in [-0.1, -0.05) is 19.8 Å². The highest BCUT2D eigenvalue weighted by molar-refractivity contribution is 7.17. The van der Waals surface area contributed by atoms with E-state index in [0.717, 1.165) is 24.8 Å². The van der Waals surface area contributed by atoms with Gasteiger partial charge >= 0.3 is 5.97 Å². The van der Waals surface area contributed by atoms with Gasteiger partial charge in [-0.05, 0) is 49.9 Å². The van der Waals surface area contributed by atoms with Crippen molar-refractivity contribution >= 4 is 23.2 Å². The maximum absolute atomic E-state index is 13.1. The number of nitrogens with one attached hydrogen (secondary N) is 1. The van der Waals surface area contributed by atoms with Gasteiger partial charge in [-0.25, -0.2) is 14.2 Å². The van der Waals surface area contributed by atoms with Crippen LogP contribution in [0.25, 0.3) is 10.6 Å². The molecule has 1 fully saturated rings. The van der Waals surface area contributed by atoms with E-state index in [1.54, 1.807) is 19.1 Å². The first-order chi connectivity index (χ1) is 12.9. The lowest BCUT2D eigenvalue weighted by molar-refractivity contribution is -0.125. The largest absolute Gasteiger partial charge is 0.451 e. The number of thiazole rings is 1. The molecule has 1 aromatic carbocycles. The van der Waals surface area contributed by atoms with Gasteiger partial charge in [-0.2, -0.15) is 0 Å². The lowest BCUT2D eigenvalue weighted by Crippen LogP contribution is -2.42. The van der Waals surface area contributed by atoms with E-state index < -0.39 is 5.97 Å². The van der Waals surface area contributed by atoms with Crippen LogP contribution in [0.4, 0.5) is 4.39 Å². The minimum atomic E-state index is -0.565. The molecule has 0 unspecified atom stereocenters. The van der Waals surface area contributed by atoms with E-state index >= 15 is 0 Å². The van der Waals surface area contributed by atoms with Crippen molar-refractivity contribution in [2.75, 3.05) is 6.61 Å². The van der Waals surface area contributed by atoms with Gasteiger partial charge in [0.15, 0.2) is 6.61 Å². The molecule has 0 saturated heterocycles. The van der Waals surface area contributed by atoms with E-state index in [9.17, 15) is 14.0 Å². The number of hydrogen-bond donors (Lipinski definition) is 1. The summed E-state index contributed by atoms with van der Waals surface area (Å²) < 4.78 is 18.2. The predicted molar refractivity (Wildman–Crippen MR) is 102 cm³/mol. The molecule has 5 nitrogen and oxygen atoms in total. The fraction of sp³-hybridized carbons (Fsp3) is 0.450. The second-order valence-corrected chi connectivity index (χ2v) is 7.95. The number of hydrogen-bond acceptors (Lipinski definition) is 5. The Labute approximate surface area is 162 Å². The highest BCUT2D eigenvalue weighted by Gasteiger charge is 2.24. The number of carbonyl (C=O) groups is 2. The Morgan fingerprint density at radius 2 is 1.96 bits per heavy atom. The number of carbonyl (C=O) groups excluding carboxylic acids is 2. The summed E-state index contributed by atoms with van der Waals surface area (Å²) >= 11 is 1.17. The van der Waals surface area contributed by atoms with Crippen LogP contribution in [-0.2, 0) is 9.53 Å². The van der Waals surface area contributed by atoms with Crippen LogP contribution in [0.2, 0.25) is 0 Å². The second-order valence-electron chi connectivity index (χ2n) is 6.95. The van der Waals surface area contributed by atoms with Gasteiger partial charge < -0.3 is 10.1 Å². The van der Waals surface area contributed by atoms with E-state index in [0.29, 0.717) is 21.5 Å². The Bertz CT molecular complexity index is 819. The van der Waals surface area contributed by atoms with Gasteiger partial charge in [-0.3, -0.25) is 4.79 Å². The number of benzene rings is 1. The maximum Gasteiger partial charge on any atom is 0.350 e. The Morgan fingerprint density at radius 3 is 2.67 bits per heavy atom. The highest BCUT2D eigenvalue weighted by atomic mass is 32.1. The van der Waals surface area contributed by atoms with Gasteiger partial charge in [-0.15, -0.1) is 11.3 Å². The van der Waals surface area contributed by atoms with E-state index in [1.807, 2.05) is 0 Å². The molecule has 27 heavy (non-hydrogen) atoms. The summed E-state index contributed by atoms with van der Waals surface area (Å²) in [5, 5.41) is 3.57. The molecule has 0 bridgehead atoms. The fourth-order valence-electron chi connectivity index (χ4n) is 3.28. The summed E-state index contributed by atoms with van der Waals surface area (Å²) in [4.78, 5) is 29.1. The zero-order valence-electron chi connectivity index (χ0n) is 15.5. The zero-order chi connectivity index (χ0) is 19.4. The quantitative estimate of drug-likeness (QED) is 0.780. The van der Waals surface area contributed by atoms with Gasteiger partial charge in [0, 0.05) is 11.6 Å². The van der Waals surface area contributed by atoms with E-state index in [1.165, 1.54) is 29.9 Å². The molecule has 3 rings (SSSR count). The van der Waals surface area contributed by atoms with Crippen LogP contribution in [0.15, 0.2) is 24.3 Å². The summed E-state index contributed by atoms with van der Waals surface area (Å²) in [6.45, 7) is 3.54. The number of halogens is 1. The van der Waals surface area contributed by atoms with Crippen LogP contribution in [-0.4, -0.2) is 29.5 Å². The van der Waals surface area contributed by atoms with Crippen molar-refractivity contribution in [1.29, 1.82) is 0 Å². The maximum atomic E-state index is 13.1. The molecule has 1 saturated carbocycles. The third kappa shape index (κ3) is 4.91. The minimum Gasteiger partial charge on any atom is -0.451 e. The van der Waals surface area contributed by atoms with Gasteiger partial charge in [0.25, 0.3) is 5.91 Å². The van der Waals surface area contributed by atoms with Crippen molar-refractivity contribution in [2.24, 2.45) is 5.92 Å². The number of aryl methyl sites for hydroxylation is 1. The van der Waals surface area contributed by atoms with Crippen molar-refractivity contribution < 1.29 is 18.7 Å². The normalized spacial score (nSPS) is 19.5. The molecule has 1 aromatic heterocycles. The molecule has 2 aromatic rings. The molecule has 2 atom stereocenters. The number of esters is 1. The Morgan fingerprint density at radius 1 is 1.26 bits per heavy atom. The van der Waals surface area contributed by atoms with Crippen LogP contribution in [0.1, 0.15) is 48.0 Å². The Kier molecular flexibility index (Phi) is 6.21. The molecule has 1 aliphatic carbocycles. The summed E-state index contributed by atoms with van der Waals surface area (Å²) in [6, 6.07) is 6.07. The topological polar surface area (TPSA) is 68.3 Å². The molecular formula is C20H23FN2O3S. The average molecular weight is 390 g/mol. The molecule has 0 radical (unpaired) electrons. The summed E-state index contributed by atoms with van der Waals surface area (Å²) in [5.41, 5.74) is 1.26. The van der Waals surface area contributed by atoms with Gasteiger partial charge in [0.05, 0.1) is 5.69 Å². The molecular weight excluding hydrogens is 367 g/mol. The smallest absolute Gasteiger partial charge is 0.350 e. The first-order valence-corrected chi connectivity index (χ1v) is 9.95. The summed E-state index contributed by atoms with van der Waals surface area (Å²) in [7, 11) is 0. The zero-order valence-corrected chi connectivity index (χ0v) is 16.3. The highest BCUT2D eigenvalue weighted by Crippen LogP contribution is 2.28. The third-order valence-electron chi connectivity index (χ3n) is 4.87.